The van der Waals surface area contributed by atoms with E-state index in [4.69, 9.17) is 9.47 Å². The Kier molecular flexibility index (Phi) is 9.00. The highest BCUT2D eigenvalue weighted by atomic mass is 16.6. The second kappa shape index (κ2) is 13.1. The summed E-state index contributed by atoms with van der Waals surface area (Å²) in [5.74, 6) is -2.57. The van der Waals surface area contributed by atoms with Crippen molar-refractivity contribution >= 4 is 30.0 Å². The molecule has 0 radical (unpaired) electrons. The molecule has 45 heavy (non-hydrogen) atoms. The quantitative estimate of drug-likeness (QED) is 0.430. The number of nitrogens with one attached hydrogen (secondary N) is 2. The number of carboxylic acids is 1. The number of carbonyl (C=O) groups excluding carboxylic acids is 4. The van der Waals surface area contributed by atoms with Crippen LogP contribution in [0.4, 0.5) is 9.59 Å². The fraction of sp³-hybridized carbons (Fsp3) is 0.606. The molecule has 1 aromatic rings. The molecule has 3 fully saturated rings. The summed E-state index contributed by atoms with van der Waals surface area (Å²) in [6.45, 7) is 0.752. The second-order valence-corrected chi connectivity index (χ2v) is 13.0. The molecule has 3 N–H and O–H groups in total. The van der Waals surface area contributed by atoms with Crippen LogP contribution in [-0.2, 0) is 36.9 Å². The first-order chi connectivity index (χ1) is 21.7. The van der Waals surface area contributed by atoms with E-state index in [1.54, 1.807) is 4.90 Å². The lowest BCUT2D eigenvalue weighted by atomic mass is 10.0. The van der Waals surface area contributed by atoms with Crippen LogP contribution in [0.5, 0.6) is 0 Å². The first-order valence-electron chi connectivity index (χ1n) is 16.3. The summed E-state index contributed by atoms with van der Waals surface area (Å²) >= 11 is 0. The van der Waals surface area contributed by atoms with Crippen LogP contribution in [0.2, 0.25) is 0 Å². The molecule has 12 nitrogen and oxygen atoms in total. The van der Waals surface area contributed by atoms with E-state index >= 15 is 0 Å². The van der Waals surface area contributed by atoms with Gasteiger partial charge in [0.25, 0.3) is 0 Å². The van der Waals surface area contributed by atoms with Gasteiger partial charge in [0, 0.05) is 25.4 Å². The molecule has 1 saturated heterocycles. The summed E-state index contributed by atoms with van der Waals surface area (Å²) in [5, 5.41) is 15.5. The normalized spacial score (nSPS) is 31.0. The number of hydrogen-bond acceptors (Lipinski definition) is 7. The van der Waals surface area contributed by atoms with Crippen LogP contribution in [0.25, 0.3) is 0 Å². The van der Waals surface area contributed by atoms with Crippen molar-refractivity contribution in [3.63, 3.8) is 0 Å². The summed E-state index contributed by atoms with van der Waals surface area (Å²) in [6, 6.07) is 5.73. The third kappa shape index (κ3) is 6.79. The van der Waals surface area contributed by atoms with Crippen molar-refractivity contribution in [3.05, 3.63) is 47.5 Å². The van der Waals surface area contributed by atoms with Crippen molar-refractivity contribution in [2.45, 2.75) is 114 Å². The van der Waals surface area contributed by atoms with Crippen LogP contribution in [0, 0.1) is 5.92 Å². The number of carbonyl (C=O) groups is 5. The van der Waals surface area contributed by atoms with Gasteiger partial charge in [-0.2, -0.15) is 0 Å². The Bertz CT molecular complexity index is 1330. The van der Waals surface area contributed by atoms with Gasteiger partial charge in [-0.05, 0) is 62.5 Å². The highest BCUT2D eigenvalue weighted by Gasteiger charge is 2.61. The lowest BCUT2D eigenvalue weighted by Crippen LogP contribution is -2.56. The molecular formula is C33H42N4O8. The maximum absolute atomic E-state index is 14.1. The van der Waals surface area contributed by atoms with Crippen LogP contribution >= 0.6 is 0 Å². The largest absolute Gasteiger partial charge is 0.479 e. The van der Waals surface area contributed by atoms with Crippen LogP contribution in [0.1, 0.15) is 81.8 Å². The predicted octanol–water partition coefficient (Wildman–Crippen LogP) is 3.63. The molecule has 0 aromatic heterocycles. The number of fused-ring (bicyclic) bond motifs is 3. The van der Waals surface area contributed by atoms with Gasteiger partial charge >= 0.3 is 18.2 Å². The first kappa shape index (κ1) is 30.9. The number of benzene rings is 1. The molecule has 3 heterocycles. The van der Waals surface area contributed by atoms with Gasteiger partial charge in [0.05, 0.1) is 6.54 Å². The number of rotatable bonds is 4. The molecule has 242 valence electrons. The minimum atomic E-state index is -1.44. The standard InChI is InChI=1S/C33H42N4O8/c38-28-27-16-25(45-32(43)36-18-21-10-6-7-11-22(21)19-36)20-37(27)29(39)26(34-31(42)44-24-13-8-9-14-24)15-5-3-1-2-4-12-23-17-33(23,35-28)30(40)41/h4,6-7,10-12,23-27H,1-3,5,8-9,13-20H2,(H,34,42)(H,35,38)(H,40,41)/b12-4+/t23-,25-,26+,27+,33-/m1/s1. The Morgan fingerprint density at radius 2 is 1.64 bits per heavy atom. The van der Waals surface area contributed by atoms with Gasteiger partial charge in [-0.15, -0.1) is 0 Å². The molecule has 0 spiro atoms. The van der Waals surface area contributed by atoms with Gasteiger partial charge in [0.2, 0.25) is 11.8 Å². The maximum atomic E-state index is 14.1. The summed E-state index contributed by atoms with van der Waals surface area (Å²) < 4.78 is 11.4. The van der Waals surface area contributed by atoms with Crippen molar-refractivity contribution in [1.29, 1.82) is 0 Å². The molecule has 3 aliphatic heterocycles. The zero-order valence-electron chi connectivity index (χ0n) is 25.4. The van der Waals surface area contributed by atoms with Crippen molar-refractivity contribution in [3.8, 4) is 0 Å². The maximum Gasteiger partial charge on any atom is 0.410 e. The molecule has 5 aliphatic rings. The van der Waals surface area contributed by atoms with E-state index in [2.05, 4.69) is 10.6 Å². The van der Waals surface area contributed by atoms with Crippen molar-refractivity contribution in [2.24, 2.45) is 5.92 Å². The van der Waals surface area contributed by atoms with Crippen molar-refractivity contribution in [1.82, 2.24) is 20.4 Å². The molecule has 2 aliphatic carbocycles. The Morgan fingerprint density at radius 1 is 0.933 bits per heavy atom. The number of aliphatic carboxylic acids is 1. The number of carboxylic acid groups (broad SMARTS) is 1. The monoisotopic (exact) mass is 622 g/mol. The predicted molar refractivity (Wildman–Crippen MR) is 161 cm³/mol. The van der Waals surface area contributed by atoms with E-state index < -0.39 is 53.7 Å². The van der Waals surface area contributed by atoms with E-state index in [0.717, 1.165) is 56.1 Å². The van der Waals surface area contributed by atoms with Gasteiger partial charge < -0.3 is 30.1 Å². The van der Waals surface area contributed by atoms with E-state index in [1.807, 2.05) is 36.4 Å². The highest BCUT2D eigenvalue weighted by Crippen LogP contribution is 2.45. The van der Waals surface area contributed by atoms with Gasteiger partial charge in [0.1, 0.15) is 29.8 Å². The topological polar surface area (TPSA) is 155 Å². The zero-order valence-corrected chi connectivity index (χ0v) is 25.4. The number of hydrogen-bond donors (Lipinski definition) is 3. The fourth-order valence-electron chi connectivity index (χ4n) is 7.16. The molecule has 4 amide bonds. The van der Waals surface area contributed by atoms with E-state index in [-0.39, 0.29) is 31.4 Å². The fourth-order valence-corrected chi connectivity index (χ4v) is 7.16. The van der Waals surface area contributed by atoms with Gasteiger partial charge in [0.15, 0.2) is 0 Å². The van der Waals surface area contributed by atoms with Gasteiger partial charge in [-0.1, -0.05) is 49.3 Å². The molecule has 12 heteroatoms. The molecule has 6 rings (SSSR count). The van der Waals surface area contributed by atoms with Crippen LogP contribution in [0.15, 0.2) is 36.4 Å². The first-order valence-corrected chi connectivity index (χ1v) is 16.3. The number of ether oxygens (including phenoxy) is 2. The minimum Gasteiger partial charge on any atom is -0.479 e. The van der Waals surface area contributed by atoms with Gasteiger partial charge in [-0.3, -0.25) is 14.5 Å². The lowest BCUT2D eigenvalue weighted by Gasteiger charge is -2.29. The van der Waals surface area contributed by atoms with Crippen LogP contribution in [0.3, 0.4) is 0 Å². The lowest BCUT2D eigenvalue weighted by molar-refractivity contribution is -0.145. The molecule has 1 aromatic carbocycles. The molecule has 2 saturated carbocycles. The Balaban J connectivity index is 1.20. The van der Waals surface area contributed by atoms with Crippen molar-refractivity contribution in [2.75, 3.05) is 6.54 Å². The highest BCUT2D eigenvalue weighted by molar-refractivity contribution is 5.96. The average Bonchev–Trinajstić information content (AvgIpc) is 3.43. The average molecular weight is 623 g/mol. The third-order valence-corrected chi connectivity index (χ3v) is 9.86. The summed E-state index contributed by atoms with van der Waals surface area (Å²) in [5.41, 5.74) is 0.628. The van der Waals surface area contributed by atoms with E-state index in [9.17, 15) is 29.1 Å². The molecule has 0 bridgehead atoms. The SMILES string of the molecule is O=C(N[C@H]1CCCCC/C=C/[C@@H]2C[C@@]2(C(=O)O)NC(=O)[C@@H]2C[C@@H](OC(=O)N3Cc4ccccc4C3)CN2C1=O)OC1CCCC1. The number of nitrogens with zero attached hydrogens (tertiary/aromatic N) is 2. The molecular weight excluding hydrogens is 580 g/mol. The van der Waals surface area contributed by atoms with E-state index in [0.29, 0.717) is 25.9 Å². The van der Waals surface area contributed by atoms with Crippen molar-refractivity contribution < 1.29 is 38.6 Å². The Morgan fingerprint density at radius 3 is 2.36 bits per heavy atom. The van der Waals surface area contributed by atoms with Crippen LogP contribution < -0.4 is 10.6 Å². The molecule has 5 atom stereocenters. The number of alkyl carbamates (subject to hydrolysis) is 1. The molecule has 0 unspecified atom stereocenters. The summed E-state index contributed by atoms with van der Waals surface area (Å²) in [7, 11) is 0. The van der Waals surface area contributed by atoms with E-state index in [1.165, 1.54) is 4.90 Å². The smallest absolute Gasteiger partial charge is 0.410 e. The number of allylic oxidation sites excluding steroid dienone is 1. The second-order valence-electron chi connectivity index (χ2n) is 13.0. The third-order valence-electron chi connectivity index (χ3n) is 9.86. The van der Waals surface area contributed by atoms with Crippen LogP contribution in [-0.4, -0.2) is 81.3 Å². The summed E-state index contributed by atoms with van der Waals surface area (Å²) in [4.78, 5) is 69.2. The van der Waals surface area contributed by atoms with Gasteiger partial charge in [-0.25, -0.2) is 14.4 Å². The Hall–Kier alpha value is -4.09. The Labute approximate surface area is 262 Å². The summed E-state index contributed by atoms with van der Waals surface area (Å²) in [6.07, 6.45) is 8.86. The minimum absolute atomic E-state index is 0.0134. The number of amides is 4. The zero-order chi connectivity index (χ0) is 31.6.